The predicted octanol–water partition coefficient (Wildman–Crippen LogP) is 0.797. The molecule has 4 aliphatic rings. The largest absolute Gasteiger partial charge is 0.493 e. The van der Waals surface area contributed by atoms with Crippen molar-refractivity contribution in [2.75, 3.05) is 86.0 Å². The van der Waals surface area contributed by atoms with E-state index in [0.29, 0.717) is 77.2 Å². The Morgan fingerprint density at radius 2 is 1.05 bits per heavy atom. The number of sulfone groups is 2. The number of benzene rings is 2. The summed E-state index contributed by atoms with van der Waals surface area (Å²) in [5.74, 6) is -0.441. The van der Waals surface area contributed by atoms with Crippen LogP contribution in [0.3, 0.4) is 0 Å². The van der Waals surface area contributed by atoms with E-state index < -0.39 is 63.5 Å². The van der Waals surface area contributed by atoms with Gasteiger partial charge in [0.25, 0.3) is 11.8 Å². The Labute approximate surface area is 361 Å². The maximum Gasteiger partial charge on any atom is 0.265 e. The van der Waals surface area contributed by atoms with Crippen molar-refractivity contribution in [2.24, 2.45) is 11.8 Å². The fourth-order valence-corrected chi connectivity index (χ4v) is 13.2. The van der Waals surface area contributed by atoms with E-state index in [2.05, 4.69) is 0 Å². The van der Waals surface area contributed by atoms with Gasteiger partial charge in [-0.1, -0.05) is 0 Å². The molecule has 2 aromatic carbocycles. The minimum Gasteiger partial charge on any atom is -0.493 e. The third-order valence-electron chi connectivity index (χ3n) is 11.1. The Kier molecular flexibility index (Phi) is 17.2. The molecule has 0 aliphatic carbocycles. The maximum absolute atomic E-state index is 13.3. The van der Waals surface area contributed by atoms with Crippen LogP contribution in [0.2, 0.25) is 0 Å². The van der Waals surface area contributed by atoms with Gasteiger partial charge in [0.2, 0.25) is 22.5 Å². The summed E-state index contributed by atoms with van der Waals surface area (Å²) in [6.07, 6.45) is 0.109. The number of carbonyl (C=O) groups is 2. The van der Waals surface area contributed by atoms with Crippen molar-refractivity contribution in [3.63, 3.8) is 0 Å². The molecule has 61 heavy (non-hydrogen) atoms. The van der Waals surface area contributed by atoms with Crippen LogP contribution in [0.4, 0.5) is 0 Å². The summed E-state index contributed by atoms with van der Waals surface area (Å²) in [6, 6.07) is 11.8. The number of amides is 2. The first-order chi connectivity index (χ1) is 29.1. The molecule has 4 aliphatic heterocycles. The lowest BCUT2D eigenvalue weighted by molar-refractivity contribution is -0.134. The average Bonchev–Trinajstić information content (AvgIpc) is 3.23. The molecule has 0 aromatic heterocycles. The van der Waals surface area contributed by atoms with Gasteiger partial charge in [-0.2, -0.15) is 0 Å². The summed E-state index contributed by atoms with van der Waals surface area (Å²) in [6.45, 7) is 8.63. The molecule has 4 saturated heterocycles. The molecule has 4 N–H and O–H groups in total. The van der Waals surface area contributed by atoms with Crippen molar-refractivity contribution in [3.8, 4) is 11.5 Å². The van der Waals surface area contributed by atoms with Gasteiger partial charge in [0.05, 0.1) is 36.2 Å². The van der Waals surface area contributed by atoms with Gasteiger partial charge in [0.15, 0.2) is 29.2 Å². The Bertz CT molecular complexity index is 2050. The van der Waals surface area contributed by atoms with E-state index in [-0.39, 0.29) is 60.5 Å². The molecule has 2 atom stereocenters. The minimum atomic E-state index is -4.06. The summed E-state index contributed by atoms with van der Waals surface area (Å²) >= 11 is -2.84. The van der Waals surface area contributed by atoms with Crippen molar-refractivity contribution in [1.29, 1.82) is 0 Å². The predicted molar refractivity (Wildman–Crippen MR) is 220 cm³/mol. The molecule has 0 spiro atoms. The third kappa shape index (κ3) is 11.0. The molecular formula is C37H55N5O15S4. The zero-order valence-corrected chi connectivity index (χ0v) is 37.5. The van der Waals surface area contributed by atoms with Crippen molar-refractivity contribution in [2.45, 2.75) is 58.8 Å². The minimum absolute atomic E-state index is 0.00920. The molecule has 342 valence electrons. The SMILES string of the molecule is CCOS(=O)N1CC(COc2ccc(S(=O)(=O)C3(C(=O)NO)CCN(C)CC3)cc2)C1.CCOS(=O)N1CC(COc2ccc(S(=O)(=O)C3(C(=O)NO)CCOCC3)cc2)C1. The van der Waals surface area contributed by atoms with E-state index >= 15 is 0 Å². The molecule has 20 nitrogen and oxygen atoms in total. The second-order valence-corrected chi connectivity index (χ2v) is 21.9. The van der Waals surface area contributed by atoms with Gasteiger partial charge < -0.3 is 19.1 Å². The smallest absolute Gasteiger partial charge is 0.265 e. The number of hydrogen-bond donors (Lipinski definition) is 4. The lowest BCUT2D eigenvalue weighted by atomic mass is 9.95. The summed E-state index contributed by atoms with van der Waals surface area (Å²) in [4.78, 5) is 26.6. The summed E-state index contributed by atoms with van der Waals surface area (Å²) < 4.78 is 103. The van der Waals surface area contributed by atoms with Crippen LogP contribution in [0.25, 0.3) is 0 Å². The lowest BCUT2D eigenvalue weighted by Crippen LogP contribution is -2.57. The molecule has 2 aromatic rings. The van der Waals surface area contributed by atoms with E-state index in [9.17, 15) is 40.0 Å². The summed E-state index contributed by atoms with van der Waals surface area (Å²) in [5.41, 5.74) is 3.04. The highest BCUT2D eigenvalue weighted by Gasteiger charge is 2.53. The van der Waals surface area contributed by atoms with Gasteiger partial charge in [-0.15, -0.1) is 0 Å². The second-order valence-electron chi connectivity index (χ2n) is 15.0. The zero-order chi connectivity index (χ0) is 44.4. The number of rotatable bonds is 18. The van der Waals surface area contributed by atoms with Crippen LogP contribution >= 0.6 is 0 Å². The zero-order valence-electron chi connectivity index (χ0n) is 34.3. The molecule has 24 heteroatoms. The Hall–Kier alpha value is -3.14. The van der Waals surface area contributed by atoms with Crippen LogP contribution in [-0.2, 0) is 64.9 Å². The fraction of sp³-hybridized carbons (Fsp3) is 0.622. The quantitative estimate of drug-likeness (QED) is 0.119. The number of hydroxylamine groups is 2. The fourth-order valence-electron chi connectivity index (χ4n) is 7.28. The molecular weight excluding hydrogens is 883 g/mol. The average molecular weight is 938 g/mol. The molecule has 0 bridgehead atoms. The monoisotopic (exact) mass is 937 g/mol. The number of piperidine rings is 1. The van der Waals surface area contributed by atoms with Gasteiger partial charge in [-0.05, 0) is 108 Å². The number of nitrogens with zero attached hydrogens (tertiary/aromatic N) is 3. The first-order valence-electron chi connectivity index (χ1n) is 19.8. The molecule has 4 fully saturated rings. The molecule has 4 heterocycles. The van der Waals surface area contributed by atoms with E-state index in [1.165, 1.54) is 41.9 Å². The van der Waals surface area contributed by atoms with Crippen LogP contribution < -0.4 is 20.4 Å². The first kappa shape index (κ1) is 48.9. The molecule has 0 saturated carbocycles. The standard InChI is InChI=1S/C19H29N3O7S2.C18H26N2O8S2/c1-3-29-30(25)22-12-15(13-22)14-28-16-4-6-17(7-5-16)31(26,27)19(18(23)20-24)8-10-21(2)11-9-19;1-2-28-29(23)20-11-14(12-20)13-27-15-3-5-16(6-4-15)30(24,25)18(17(21)19-22)7-9-26-10-8-18/h4-7,15,24H,3,8-14H2,1-2H3,(H,20,23);3-6,14,22H,2,7-13H2,1H3,(H,19,21). The van der Waals surface area contributed by atoms with Crippen molar-refractivity contribution in [1.82, 2.24) is 24.5 Å². The van der Waals surface area contributed by atoms with Crippen LogP contribution in [0.5, 0.6) is 11.5 Å². The summed E-state index contributed by atoms with van der Waals surface area (Å²) in [5, 5.41) is 18.3. The number of hydrogen-bond acceptors (Lipinski definition) is 16. The lowest BCUT2D eigenvalue weighted by Gasteiger charge is -2.38. The highest BCUT2D eigenvalue weighted by atomic mass is 32.2. The number of ether oxygens (including phenoxy) is 3. The van der Waals surface area contributed by atoms with Gasteiger partial charge in [-0.3, -0.25) is 28.4 Å². The van der Waals surface area contributed by atoms with Crippen molar-refractivity contribution < 1.29 is 67.8 Å². The Morgan fingerprint density at radius 1 is 0.689 bits per heavy atom. The highest BCUT2D eigenvalue weighted by molar-refractivity contribution is 7.94. The Balaban J connectivity index is 0.000000231. The van der Waals surface area contributed by atoms with Crippen LogP contribution in [0, 0.1) is 11.8 Å². The number of likely N-dealkylation sites (tertiary alicyclic amines) is 1. The molecule has 2 unspecified atom stereocenters. The third-order valence-corrected chi connectivity index (χ3v) is 18.4. The van der Waals surface area contributed by atoms with E-state index in [4.69, 9.17) is 27.8 Å². The van der Waals surface area contributed by atoms with Gasteiger partial charge >= 0.3 is 0 Å². The van der Waals surface area contributed by atoms with Gasteiger partial charge in [0, 0.05) is 51.2 Å². The van der Waals surface area contributed by atoms with Gasteiger partial charge in [-0.25, -0.2) is 44.8 Å². The Morgan fingerprint density at radius 3 is 1.39 bits per heavy atom. The number of carbonyl (C=O) groups excluding carboxylic acids is 2. The topological polar surface area (TPSA) is 257 Å². The van der Waals surface area contributed by atoms with Crippen molar-refractivity contribution in [3.05, 3.63) is 48.5 Å². The van der Waals surface area contributed by atoms with E-state index in [0.717, 1.165) is 0 Å². The van der Waals surface area contributed by atoms with Crippen LogP contribution in [0.1, 0.15) is 39.5 Å². The molecule has 0 radical (unpaired) electrons. The molecule has 6 rings (SSSR count). The van der Waals surface area contributed by atoms with Crippen molar-refractivity contribution >= 4 is 54.0 Å². The first-order valence-corrected chi connectivity index (χ1v) is 24.8. The van der Waals surface area contributed by atoms with E-state index in [1.807, 2.05) is 11.9 Å². The number of nitrogens with one attached hydrogen (secondary N) is 2. The van der Waals surface area contributed by atoms with Crippen LogP contribution in [-0.4, -0.2) is 156 Å². The second kappa shape index (κ2) is 21.5. The van der Waals surface area contributed by atoms with E-state index in [1.54, 1.807) is 40.1 Å². The summed E-state index contributed by atoms with van der Waals surface area (Å²) in [7, 11) is -6.24. The normalized spacial score (nSPS) is 21.1. The maximum atomic E-state index is 13.3. The van der Waals surface area contributed by atoms with Crippen LogP contribution in [0.15, 0.2) is 58.3 Å². The molecule has 2 amide bonds. The van der Waals surface area contributed by atoms with Gasteiger partial charge in [0.1, 0.15) is 11.5 Å². The highest BCUT2D eigenvalue weighted by Crippen LogP contribution is 2.37.